The fourth-order valence-corrected chi connectivity index (χ4v) is 12.4. The molecule has 8 rings (SSSR count). The molecule has 0 saturated carbocycles. The van der Waals surface area contributed by atoms with Gasteiger partial charge in [-0.05, 0) is 62.2 Å². The fourth-order valence-electron chi connectivity index (χ4n) is 7.44. The molecule has 0 fully saturated rings. The van der Waals surface area contributed by atoms with E-state index in [9.17, 15) is 5.26 Å². The molecule has 0 aliphatic heterocycles. The van der Waals surface area contributed by atoms with Crippen LogP contribution in [0.15, 0.2) is 176 Å². The molecule has 224 valence electrons. The summed E-state index contributed by atoms with van der Waals surface area (Å²) < 4.78 is 2.29. The highest BCUT2D eigenvalue weighted by atomic mass is 28.3. The lowest BCUT2D eigenvalue weighted by Crippen LogP contribution is -2.75. The van der Waals surface area contributed by atoms with Crippen LogP contribution >= 0.6 is 0 Å². The van der Waals surface area contributed by atoms with E-state index in [0.29, 0.717) is 11.3 Å². The van der Waals surface area contributed by atoms with Crippen molar-refractivity contribution in [1.82, 2.24) is 4.57 Å². The minimum absolute atomic E-state index is 0.618. The quantitative estimate of drug-likeness (QED) is 0.104. The topological polar surface area (TPSA) is 33.1 Å². The number of hydrogen-bond acceptors (Lipinski definition) is 1. The molecule has 7 aromatic carbocycles. The van der Waals surface area contributed by atoms with Gasteiger partial charge in [0, 0.05) is 10.8 Å². The van der Waals surface area contributed by atoms with Gasteiger partial charge < -0.3 is 4.57 Å². The van der Waals surface area contributed by atoms with Crippen LogP contribution in [0.25, 0.3) is 43.5 Å². The minimum atomic E-state index is -2.99. The van der Waals surface area contributed by atoms with E-state index in [2.05, 4.69) is 161 Å². The molecule has 48 heavy (non-hydrogen) atoms. The molecule has 0 aliphatic rings. The zero-order chi connectivity index (χ0) is 32.5. The van der Waals surface area contributed by atoms with Crippen molar-refractivity contribution in [2.24, 2.45) is 0 Å². The van der Waals surface area contributed by atoms with Crippen molar-refractivity contribution < 1.29 is 0 Å². The van der Waals surface area contributed by atoms with Crippen molar-refractivity contribution in [3.8, 4) is 22.9 Å². The van der Waals surface area contributed by atoms with Gasteiger partial charge in [0.15, 0.2) is 13.8 Å². The van der Waals surface area contributed by atoms with Crippen LogP contribution in [0, 0.1) is 17.9 Å². The first kappa shape index (κ1) is 29.0. The lowest BCUT2D eigenvalue weighted by molar-refractivity contribution is 1.18. The summed E-state index contributed by atoms with van der Waals surface area (Å²) in [7, 11) is -2.99. The van der Waals surface area contributed by atoms with Gasteiger partial charge in [0.05, 0.1) is 34.9 Å². The van der Waals surface area contributed by atoms with Gasteiger partial charge in [-0.3, -0.25) is 0 Å². The molecule has 4 heteroatoms. The first-order valence-electron chi connectivity index (χ1n) is 16.0. The van der Waals surface area contributed by atoms with Crippen LogP contribution in [0.2, 0.25) is 0 Å². The van der Waals surface area contributed by atoms with Crippen LogP contribution in [-0.2, 0) is 0 Å². The highest BCUT2D eigenvalue weighted by Crippen LogP contribution is 2.39. The van der Waals surface area contributed by atoms with Crippen molar-refractivity contribution in [2.75, 3.05) is 0 Å². The van der Waals surface area contributed by atoms with E-state index in [1.807, 2.05) is 30.3 Å². The smallest absolute Gasteiger partial charge is 0.194 e. The number of hydrogen-bond donors (Lipinski definition) is 0. The van der Waals surface area contributed by atoms with E-state index in [0.717, 1.165) is 38.6 Å². The molecule has 0 atom stereocenters. The number of para-hydroxylation sites is 2. The third-order valence-corrected chi connectivity index (χ3v) is 14.2. The Balaban J connectivity index is 1.53. The van der Waals surface area contributed by atoms with Crippen molar-refractivity contribution in [2.45, 2.75) is 0 Å². The predicted molar refractivity (Wildman–Crippen MR) is 201 cm³/mol. The summed E-state index contributed by atoms with van der Waals surface area (Å²) in [5, 5.41) is 16.8. The predicted octanol–water partition coefficient (Wildman–Crippen LogP) is 8.25. The SMILES string of the molecule is [C-]#[N+]c1cccc([Si](c2ccccc2)(c2ccccc2)c2ccccc2)c1-c1ccccc1-n1c2ccccc2c2cc(C#N)ccc21. The molecule has 8 aromatic rings. The molecule has 0 bridgehead atoms. The number of nitriles is 1. The van der Waals surface area contributed by atoms with E-state index >= 15 is 0 Å². The maximum atomic E-state index is 9.75. The second-order valence-electron chi connectivity index (χ2n) is 11.9. The van der Waals surface area contributed by atoms with Crippen LogP contribution < -0.4 is 20.7 Å². The van der Waals surface area contributed by atoms with Gasteiger partial charge in [-0.25, -0.2) is 4.85 Å². The van der Waals surface area contributed by atoms with Gasteiger partial charge in [0.1, 0.15) is 0 Å². The summed E-state index contributed by atoms with van der Waals surface area (Å²) in [5.41, 5.74) is 6.24. The zero-order valence-corrected chi connectivity index (χ0v) is 27.1. The van der Waals surface area contributed by atoms with E-state index < -0.39 is 8.07 Å². The van der Waals surface area contributed by atoms with Gasteiger partial charge in [0.2, 0.25) is 0 Å². The van der Waals surface area contributed by atoms with Crippen LogP contribution in [-0.4, -0.2) is 12.6 Å². The summed E-state index contributed by atoms with van der Waals surface area (Å²) in [4.78, 5) is 4.20. The largest absolute Gasteiger partial charge is 0.309 e. The lowest BCUT2D eigenvalue weighted by Gasteiger charge is -2.36. The summed E-state index contributed by atoms with van der Waals surface area (Å²) >= 11 is 0. The monoisotopic (exact) mass is 627 g/mol. The van der Waals surface area contributed by atoms with E-state index in [-0.39, 0.29) is 0 Å². The molecular weight excluding hydrogens is 599 g/mol. The molecule has 1 aromatic heterocycles. The Labute approximate surface area is 281 Å². The van der Waals surface area contributed by atoms with Gasteiger partial charge in [0.25, 0.3) is 0 Å². The fraction of sp³-hybridized carbons (Fsp3) is 0. The van der Waals surface area contributed by atoms with Crippen molar-refractivity contribution in [3.05, 3.63) is 193 Å². The Morgan fingerprint density at radius 2 is 1.10 bits per heavy atom. The zero-order valence-electron chi connectivity index (χ0n) is 26.1. The number of nitrogens with zero attached hydrogens (tertiary/aromatic N) is 3. The van der Waals surface area contributed by atoms with Crippen LogP contribution in [0.1, 0.15) is 5.56 Å². The van der Waals surface area contributed by atoms with Crippen molar-refractivity contribution in [3.63, 3.8) is 0 Å². The molecule has 0 N–H and O–H groups in total. The van der Waals surface area contributed by atoms with Crippen molar-refractivity contribution in [1.29, 1.82) is 5.26 Å². The number of rotatable bonds is 6. The Hall–Kier alpha value is -6.46. The number of fused-ring (bicyclic) bond motifs is 3. The van der Waals surface area contributed by atoms with Gasteiger partial charge in [-0.2, -0.15) is 5.26 Å². The molecule has 3 nitrogen and oxygen atoms in total. The highest BCUT2D eigenvalue weighted by Gasteiger charge is 2.43. The first-order chi connectivity index (χ1) is 23.8. The van der Waals surface area contributed by atoms with Gasteiger partial charge >= 0.3 is 0 Å². The summed E-state index contributed by atoms with van der Waals surface area (Å²) in [6.07, 6.45) is 0. The number of aromatic nitrogens is 1. The molecule has 0 saturated heterocycles. The second kappa shape index (κ2) is 12.0. The second-order valence-corrected chi connectivity index (χ2v) is 15.6. The Kier molecular flexibility index (Phi) is 7.27. The molecule has 0 unspecified atom stereocenters. The minimum Gasteiger partial charge on any atom is -0.309 e. The number of benzene rings is 7. The Morgan fingerprint density at radius 3 is 1.73 bits per heavy atom. The molecule has 0 radical (unpaired) electrons. The van der Waals surface area contributed by atoms with E-state index in [1.165, 1.54) is 20.7 Å². The standard InChI is InChI=1S/C44H29N3Si/c1-46-39-24-15-27-43(48(33-16-5-2-6-17-33,34-18-7-3-8-19-34)35-20-9-4-10-21-35)44(39)37-23-12-14-26-41(37)47-40-25-13-11-22-36(40)38-30-32(31-45)28-29-42(38)47/h2-30H. The average molecular weight is 628 g/mol. The lowest BCUT2D eigenvalue weighted by atomic mass is 10.0. The maximum Gasteiger partial charge on any atom is 0.194 e. The Bertz CT molecular complexity index is 2430. The molecule has 0 spiro atoms. The maximum absolute atomic E-state index is 9.75. The average Bonchev–Trinajstić information content (AvgIpc) is 3.50. The molecule has 0 amide bonds. The summed E-state index contributed by atoms with van der Waals surface area (Å²) in [6, 6.07) is 63.8. The van der Waals surface area contributed by atoms with Gasteiger partial charge in [-0.15, -0.1) is 0 Å². The highest BCUT2D eigenvalue weighted by molar-refractivity contribution is 7.20. The molecule has 0 aliphatic carbocycles. The van der Waals surface area contributed by atoms with Crippen molar-refractivity contribution >= 4 is 56.3 Å². The summed E-state index contributed by atoms with van der Waals surface area (Å²) in [6.45, 7) is 8.50. The van der Waals surface area contributed by atoms with Crippen LogP contribution in [0.3, 0.4) is 0 Å². The third-order valence-electron chi connectivity index (χ3n) is 9.40. The van der Waals surface area contributed by atoms with E-state index in [4.69, 9.17) is 6.57 Å². The molecular formula is C44H29N3Si. The third kappa shape index (κ3) is 4.48. The Morgan fingerprint density at radius 1 is 0.542 bits per heavy atom. The molecule has 1 heterocycles. The van der Waals surface area contributed by atoms with Crippen LogP contribution in [0.5, 0.6) is 0 Å². The van der Waals surface area contributed by atoms with Gasteiger partial charge in [-0.1, -0.05) is 146 Å². The summed E-state index contributed by atoms with van der Waals surface area (Å²) in [5.74, 6) is 0. The first-order valence-corrected chi connectivity index (χ1v) is 18.0. The normalized spacial score (nSPS) is 11.3. The van der Waals surface area contributed by atoms with E-state index in [1.54, 1.807) is 0 Å². The van der Waals surface area contributed by atoms with Crippen LogP contribution in [0.4, 0.5) is 5.69 Å².